The number of nitrogens with zero attached hydrogens (tertiary/aromatic N) is 1. The quantitative estimate of drug-likeness (QED) is 0.777. The third-order valence-corrected chi connectivity index (χ3v) is 10.1. The summed E-state index contributed by atoms with van der Waals surface area (Å²) in [7, 11) is 0.0139. The fourth-order valence-corrected chi connectivity index (χ4v) is 3.53. The Kier molecular flexibility index (Phi) is 5.67. The summed E-state index contributed by atoms with van der Waals surface area (Å²) >= 11 is 6.34. The van der Waals surface area contributed by atoms with Crippen molar-refractivity contribution in [3.8, 4) is 0 Å². The molecule has 134 valence electrons. The first kappa shape index (κ1) is 19.3. The molecule has 1 N–H and O–H groups in total. The van der Waals surface area contributed by atoms with Crippen LogP contribution in [0.1, 0.15) is 32.8 Å². The van der Waals surface area contributed by atoms with Crippen LogP contribution in [0.5, 0.6) is 0 Å². The maximum Gasteiger partial charge on any atom is 0.244 e. The number of hydrogen-bond donors (Lipinski definition) is 1. The van der Waals surface area contributed by atoms with Crippen LogP contribution < -0.4 is 5.32 Å². The average Bonchev–Trinajstić information content (AvgIpc) is 2.78. The third-order valence-electron chi connectivity index (χ3n) is 5.21. The molecule has 0 bridgehead atoms. The summed E-state index contributed by atoms with van der Waals surface area (Å²) in [6, 6.07) is 5.65. The molecule has 0 saturated carbocycles. The van der Waals surface area contributed by atoms with Gasteiger partial charge in [-0.1, -0.05) is 32.4 Å². The van der Waals surface area contributed by atoms with E-state index in [-0.39, 0.29) is 17.0 Å². The lowest BCUT2D eigenvalue weighted by molar-refractivity contribution is -0.127. The fraction of sp³-hybridized carbons (Fsp3) is 0.611. The Labute approximate surface area is 151 Å². The van der Waals surface area contributed by atoms with Gasteiger partial charge in [-0.05, 0) is 48.3 Å². The minimum absolute atomic E-state index is 0.143. The van der Waals surface area contributed by atoms with Gasteiger partial charge in [0.05, 0.1) is 6.61 Å². The first-order valence-electron chi connectivity index (χ1n) is 8.45. The Morgan fingerprint density at radius 1 is 1.38 bits per heavy atom. The van der Waals surface area contributed by atoms with Gasteiger partial charge in [-0.3, -0.25) is 4.79 Å². The predicted octanol–water partition coefficient (Wildman–Crippen LogP) is 4.50. The van der Waals surface area contributed by atoms with Crippen molar-refractivity contribution in [2.75, 3.05) is 18.9 Å². The van der Waals surface area contributed by atoms with Gasteiger partial charge >= 0.3 is 0 Å². The van der Waals surface area contributed by atoms with Crippen LogP contribution in [0.15, 0.2) is 18.2 Å². The summed E-state index contributed by atoms with van der Waals surface area (Å²) in [6.45, 7) is 12.4. The summed E-state index contributed by atoms with van der Waals surface area (Å²) in [5, 5.41) is 4.19. The van der Waals surface area contributed by atoms with Crippen molar-refractivity contribution in [1.29, 1.82) is 0 Å². The van der Waals surface area contributed by atoms with Gasteiger partial charge in [-0.25, -0.2) is 0 Å². The molecule has 2 rings (SSSR count). The Balaban J connectivity index is 2.08. The van der Waals surface area contributed by atoms with E-state index in [9.17, 15) is 4.79 Å². The van der Waals surface area contributed by atoms with E-state index in [1.54, 1.807) is 4.90 Å². The summed E-state index contributed by atoms with van der Waals surface area (Å²) in [5.41, 5.74) is 1.88. The highest BCUT2D eigenvalue weighted by Crippen LogP contribution is 2.37. The molecule has 1 aliphatic heterocycles. The molecule has 1 heterocycles. The van der Waals surface area contributed by atoms with Crippen molar-refractivity contribution in [3.63, 3.8) is 0 Å². The molecule has 1 aliphatic rings. The molecule has 0 aliphatic carbocycles. The highest BCUT2D eigenvalue weighted by Gasteiger charge is 2.37. The van der Waals surface area contributed by atoms with Crippen LogP contribution in [-0.2, 0) is 15.8 Å². The second-order valence-corrected chi connectivity index (χ2v) is 13.3. The monoisotopic (exact) mass is 368 g/mol. The van der Waals surface area contributed by atoms with Gasteiger partial charge in [0.25, 0.3) is 0 Å². The zero-order chi connectivity index (χ0) is 18.1. The molecule has 6 heteroatoms. The fourth-order valence-electron chi connectivity index (χ4n) is 2.41. The maximum absolute atomic E-state index is 12.0. The van der Waals surface area contributed by atoms with Gasteiger partial charge in [0.15, 0.2) is 8.32 Å². The second kappa shape index (κ2) is 7.06. The zero-order valence-corrected chi connectivity index (χ0v) is 17.3. The van der Waals surface area contributed by atoms with E-state index in [0.717, 1.165) is 24.2 Å². The lowest BCUT2D eigenvalue weighted by Crippen LogP contribution is -2.40. The van der Waals surface area contributed by atoms with Crippen LogP contribution in [0.3, 0.4) is 0 Å². The molecule has 1 fully saturated rings. The number of likely N-dealkylation sites (tertiary alicyclic amines) is 1. The number of anilines is 1. The highest BCUT2D eigenvalue weighted by atomic mass is 35.5. The molecule has 0 radical (unpaired) electrons. The van der Waals surface area contributed by atoms with Crippen molar-refractivity contribution < 1.29 is 9.22 Å². The molecule has 4 nitrogen and oxygen atoms in total. The Hall–Kier alpha value is -1.04. The Bertz CT molecular complexity index is 614. The van der Waals surface area contributed by atoms with Crippen LogP contribution in [0.25, 0.3) is 0 Å². The molecule has 1 unspecified atom stereocenters. The number of benzene rings is 1. The molecule has 1 aromatic carbocycles. The van der Waals surface area contributed by atoms with Crippen LogP contribution in [-0.4, -0.2) is 38.8 Å². The molecular formula is C18H29ClN2O2Si. The van der Waals surface area contributed by atoms with E-state index in [4.69, 9.17) is 16.0 Å². The van der Waals surface area contributed by atoms with E-state index in [1.165, 1.54) is 0 Å². The summed E-state index contributed by atoms with van der Waals surface area (Å²) in [4.78, 5) is 13.8. The summed E-state index contributed by atoms with van der Waals surface area (Å²) < 4.78 is 6.28. The maximum atomic E-state index is 12.0. The molecule has 24 heavy (non-hydrogen) atoms. The molecular weight excluding hydrogens is 340 g/mol. The topological polar surface area (TPSA) is 41.6 Å². The molecule has 0 spiro atoms. The lowest BCUT2D eigenvalue weighted by atomic mass is 10.2. The van der Waals surface area contributed by atoms with Crippen LogP contribution in [0, 0.1) is 0 Å². The standard InChI is InChI=1S/C18H29ClN2O2Si/c1-18(2,3)24(5,6)23-12-13-11-14(7-8-15(13)19)20-16-9-10-21(4)17(16)22/h7-8,11,16,20H,9-10,12H2,1-6H3. The Morgan fingerprint density at radius 2 is 2.04 bits per heavy atom. The lowest BCUT2D eigenvalue weighted by Gasteiger charge is -2.36. The number of rotatable bonds is 5. The Morgan fingerprint density at radius 3 is 2.58 bits per heavy atom. The SMILES string of the molecule is CN1CCC(Nc2ccc(Cl)c(CO[Si](C)(C)C(C)(C)C)c2)C1=O. The molecule has 1 atom stereocenters. The smallest absolute Gasteiger partial charge is 0.244 e. The third kappa shape index (κ3) is 4.32. The van der Waals surface area contributed by atoms with E-state index in [1.807, 2.05) is 25.2 Å². The predicted molar refractivity (Wildman–Crippen MR) is 103 cm³/mol. The van der Waals surface area contributed by atoms with Crippen LogP contribution in [0.4, 0.5) is 5.69 Å². The average molecular weight is 369 g/mol. The molecule has 1 aromatic rings. The number of carbonyl (C=O) groups excluding carboxylic acids is 1. The van der Waals surface area contributed by atoms with Crippen LogP contribution >= 0.6 is 11.6 Å². The molecule has 1 amide bonds. The van der Waals surface area contributed by atoms with Gasteiger partial charge in [0, 0.05) is 24.3 Å². The van der Waals surface area contributed by atoms with Gasteiger partial charge < -0.3 is 14.6 Å². The molecule has 0 aromatic heterocycles. The summed E-state index contributed by atoms with van der Waals surface area (Å²) in [5.74, 6) is 0.143. The van der Waals surface area contributed by atoms with Gasteiger partial charge in [-0.2, -0.15) is 0 Å². The summed E-state index contributed by atoms with van der Waals surface area (Å²) in [6.07, 6.45) is 0.827. The van der Waals surface area contributed by atoms with Crippen molar-refractivity contribution in [2.24, 2.45) is 0 Å². The molecule has 1 saturated heterocycles. The van der Waals surface area contributed by atoms with E-state index >= 15 is 0 Å². The highest BCUT2D eigenvalue weighted by molar-refractivity contribution is 6.74. The van der Waals surface area contributed by atoms with Crippen molar-refractivity contribution in [1.82, 2.24) is 4.90 Å². The number of nitrogens with one attached hydrogen (secondary N) is 1. The van der Waals surface area contributed by atoms with Crippen LogP contribution in [0.2, 0.25) is 23.2 Å². The van der Waals surface area contributed by atoms with E-state index < -0.39 is 8.32 Å². The minimum atomic E-state index is -1.82. The normalized spacial score (nSPS) is 19.0. The largest absolute Gasteiger partial charge is 0.413 e. The van der Waals surface area contributed by atoms with E-state index in [0.29, 0.717) is 11.6 Å². The zero-order valence-electron chi connectivity index (χ0n) is 15.6. The van der Waals surface area contributed by atoms with Crippen molar-refractivity contribution in [2.45, 2.75) is 58.0 Å². The number of amides is 1. The van der Waals surface area contributed by atoms with E-state index in [2.05, 4.69) is 39.2 Å². The first-order valence-corrected chi connectivity index (χ1v) is 11.7. The number of carbonyl (C=O) groups is 1. The van der Waals surface area contributed by atoms with Crippen molar-refractivity contribution in [3.05, 3.63) is 28.8 Å². The van der Waals surface area contributed by atoms with Gasteiger partial charge in [0.1, 0.15) is 6.04 Å². The van der Waals surface area contributed by atoms with Gasteiger partial charge in [-0.15, -0.1) is 0 Å². The number of halogens is 1. The number of likely N-dealkylation sites (N-methyl/N-ethyl adjacent to an activating group) is 1. The minimum Gasteiger partial charge on any atom is -0.413 e. The number of hydrogen-bond acceptors (Lipinski definition) is 3. The van der Waals surface area contributed by atoms with Gasteiger partial charge in [0.2, 0.25) is 5.91 Å². The second-order valence-electron chi connectivity index (χ2n) is 8.10. The first-order chi connectivity index (χ1) is 11.0. The van der Waals surface area contributed by atoms with Crippen molar-refractivity contribution >= 4 is 31.5 Å².